The van der Waals surface area contributed by atoms with Crippen molar-refractivity contribution in [2.24, 2.45) is 0 Å². The lowest BCUT2D eigenvalue weighted by molar-refractivity contribution is 0.949. The van der Waals surface area contributed by atoms with E-state index in [1.807, 2.05) is 141 Å². The van der Waals surface area contributed by atoms with Gasteiger partial charge < -0.3 is 0 Å². The van der Waals surface area contributed by atoms with Gasteiger partial charge in [-0.15, -0.1) is 47.0 Å². The van der Waals surface area contributed by atoms with E-state index in [0.29, 0.717) is 0 Å². The van der Waals surface area contributed by atoms with Crippen LogP contribution in [-0.4, -0.2) is 25.0 Å². The first-order valence-electron chi connectivity index (χ1n) is 11.7. The maximum absolute atomic E-state index is 2.40. The van der Waals surface area contributed by atoms with Crippen LogP contribution in [0.25, 0.3) is 0 Å². The molecule has 4 aliphatic heterocycles. The number of thioether (sulfide) groups is 12. The quantitative estimate of drug-likeness (QED) is 0.271. The monoisotopic (exact) mass is 720 g/mol. The molecule has 200 valence electrons. The maximum atomic E-state index is 2.40. The molecule has 6 rings (SSSR count). The maximum Gasteiger partial charge on any atom is 0.0717 e. The molecule has 0 unspecified atom stereocenters. The summed E-state index contributed by atoms with van der Waals surface area (Å²) in [5.74, 6) is 0. The van der Waals surface area contributed by atoms with E-state index >= 15 is 0 Å². The molecule has 6 aliphatic rings. The summed E-state index contributed by atoms with van der Waals surface area (Å²) >= 11 is 23.5. The first-order valence-corrected chi connectivity index (χ1v) is 23.1. The van der Waals surface area contributed by atoms with Crippen molar-refractivity contribution in [2.45, 2.75) is 25.7 Å². The van der Waals surface area contributed by atoms with Gasteiger partial charge in [-0.1, -0.05) is 118 Å². The summed E-state index contributed by atoms with van der Waals surface area (Å²) in [4.78, 5) is 0. The molecule has 0 aromatic heterocycles. The highest BCUT2D eigenvalue weighted by Crippen LogP contribution is 2.68. The number of hydrogen-bond donors (Lipinski definition) is 0. The predicted octanol–water partition coefficient (Wildman–Crippen LogP) is 13.3. The third-order valence-electron chi connectivity index (χ3n) is 6.07. The molecule has 0 aromatic rings. The van der Waals surface area contributed by atoms with Gasteiger partial charge in [0, 0.05) is 0 Å². The number of hydrogen-bond acceptors (Lipinski definition) is 12. The van der Waals surface area contributed by atoms with Crippen LogP contribution in [0.4, 0.5) is 0 Å². The fraction of sp³-hybridized carbons (Fsp3) is 0.308. The molecule has 0 saturated heterocycles. The Bertz CT molecular complexity index is 1190. The van der Waals surface area contributed by atoms with Crippen molar-refractivity contribution in [3.05, 3.63) is 89.0 Å². The van der Waals surface area contributed by atoms with Gasteiger partial charge in [0.25, 0.3) is 0 Å². The molecule has 0 nitrogen and oxygen atoms in total. The van der Waals surface area contributed by atoms with Crippen LogP contribution in [0.1, 0.15) is 25.7 Å². The summed E-state index contributed by atoms with van der Waals surface area (Å²) in [5, 5.41) is 0. The van der Waals surface area contributed by atoms with Gasteiger partial charge in [-0.2, -0.15) is 0 Å². The van der Waals surface area contributed by atoms with E-state index in [9.17, 15) is 0 Å². The van der Waals surface area contributed by atoms with E-state index in [1.54, 1.807) is 0 Å². The molecule has 0 atom stereocenters. The van der Waals surface area contributed by atoms with Crippen molar-refractivity contribution in [3.8, 4) is 0 Å². The van der Waals surface area contributed by atoms with Gasteiger partial charge in [-0.25, -0.2) is 0 Å². The van der Waals surface area contributed by atoms with Gasteiger partial charge in [0.1, 0.15) is 0 Å². The lowest BCUT2D eigenvalue weighted by Crippen LogP contribution is -1.94. The van der Waals surface area contributed by atoms with Crippen molar-refractivity contribution in [3.63, 3.8) is 0 Å². The number of rotatable bonds is 4. The van der Waals surface area contributed by atoms with E-state index < -0.39 is 0 Å². The van der Waals surface area contributed by atoms with Crippen molar-refractivity contribution >= 4 is 141 Å². The van der Waals surface area contributed by atoms with Crippen LogP contribution in [0.15, 0.2) is 89.0 Å². The minimum atomic E-state index is 1.15. The molecular formula is C26H24S12. The van der Waals surface area contributed by atoms with Crippen LogP contribution in [-0.2, 0) is 0 Å². The second kappa shape index (κ2) is 13.7. The second-order valence-corrected chi connectivity index (χ2v) is 22.3. The summed E-state index contributed by atoms with van der Waals surface area (Å²) in [6.07, 6.45) is 23.0. The molecule has 0 amide bonds. The van der Waals surface area contributed by atoms with Gasteiger partial charge in [0.05, 0.1) is 42.4 Å². The first kappa shape index (κ1) is 29.9. The van der Waals surface area contributed by atoms with Crippen LogP contribution >= 0.6 is 141 Å². The van der Waals surface area contributed by atoms with Crippen molar-refractivity contribution in [1.29, 1.82) is 0 Å². The molecule has 0 spiro atoms. The van der Waals surface area contributed by atoms with Gasteiger partial charge in [0.2, 0.25) is 0 Å². The molecule has 0 N–H and O–H groups in total. The Morgan fingerprint density at radius 2 is 0.605 bits per heavy atom. The molecule has 38 heavy (non-hydrogen) atoms. The fourth-order valence-corrected chi connectivity index (χ4v) is 20.8. The van der Waals surface area contributed by atoms with Gasteiger partial charge in [-0.05, 0) is 73.0 Å². The largest absolute Gasteiger partial charge is 0.121 e. The number of allylic oxidation sites excluding steroid dienone is 8. The SMILES string of the molecule is CSC1=C(SC)SC(=C2C=CC(=C3SC4=C(S3)SC(=C3C=CC(=C5SC(SC)=C(SC)S5)CC3)S4)CC2)S1. The third kappa shape index (κ3) is 6.37. The Morgan fingerprint density at radius 1 is 0.368 bits per heavy atom. The molecule has 0 bridgehead atoms. The Hall–Kier alpha value is 1.86. The zero-order valence-corrected chi connectivity index (χ0v) is 30.8. The van der Waals surface area contributed by atoms with Gasteiger partial charge >= 0.3 is 0 Å². The van der Waals surface area contributed by atoms with Crippen LogP contribution < -0.4 is 0 Å². The Morgan fingerprint density at radius 3 is 0.816 bits per heavy atom. The minimum absolute atomic E-state index is 1.15. The molecule has 12 heteroatoms. The van der Waals surface area contributed by atoms with Crippen LogP contribution in [0.2, 0.25) is 0 Å². The Balaban J connectivity index is 1.09. The smallest absolute Gasteiger partial charge is 0.0717 e. The Labute approximate surface area is 277 Å². The topological polar surface area (TPSA) is 0 Å². The molecule has 0 saturated carbocycles. The van der Waals surface area contributed by atoms with Crippen LogP contribution in [0, 0.1) is 0 Å². The summed E-state index contributed by atoms with van der Waals surface area (Å²) in [5.41, 5.74) is 6.08. The average Bonchev–Trinajstić information content (AvgIpc) is 3.74. The summed E-state index contributed by atoms with van der Waals surface area (Å²) < 4.78 is 14.8. The van der Waals surface area contributed by atoms with Crippen molar-refractivity contribution in [2.75, 3.05) is 25.0 Å². The normalized spacial score (nSPS) is 24.1. The highest BCUT2D eigenvalue weighted by atomic mass is 32.3. The summed E-state index contributed by atoms with van der Waals surface area (Å²) in [7, 11) is 0. The standard InChI is InChI=1S/C26H24S12/c1-27-21-22(28-2)32-17(31-21)13-5-9-15(10-6-13)19-35-25-26(36-19)38-20(37-25)16-11-7-14(8-12-16)18-33-23(29-3)24(30-4)34-18/h5,7,9,11H,6,8,10,12H2,1-4H3. The van der Waals surface area contributed by atoms with E-state index in [-0.39, 0.29) is 0 Å². The third-order valence-corrected chi connectivity index (χ3v) is 22.6. The molecule has 0 aromatic carbocycles. The molecule has 4 heterocycles. The van der Waals surface area contributed by atoms with E-state index in [2.05, 4.69) is 49.3 Å². The van der Waals surface area contributed by atoms with E-state index in [4.69, 9.17) is 0 Å². The van der Waals surface area contributed by atoms with Gasteiger partial charge in [0.15, 0.2) is 0 Å². The highest BCUT2D eigenvalue weighted by Gasteiger charge is 2.33. The van der Waals surface area contributed by atoms with Crippen LogP contribution in [0.3, 0.4) is 0 Å². The van der Waals surface area contributed by atoms with Crippen LogP contribution in [0.5, 0.6) is 0 Å². The average molecular weight is 721 g/mol. The van der Waals surface area contributed by atoms with Crippen molar-refractivity contribution < 1.29 is 0 Å². The predicted molar refractivity (Wildman–Crippen MR) is 201 cm³/mol. The zero-order chi connectivity index (χ0) is 26.2. The lowest BCUT2D eigenvalue weighted by atomic mass is 10.00. The second-order valence-electron chi connectivity index (χ2n) is 8.28. The molecule has 0 fully saturated rings. The fourth-order valence-electron chi connectivity index (χ4n) is 4.11. The molecule has 0 radical (unpaired) electrons. The van der Waals surface area contributed by atoms with E-state index in [1.165, 1.54) is 64.7 Å². The lowest BCUT2D eigenvalue weighted by Gasteiger charge is -2.17. The zero-order valence-electron chi connectivity index (χ0n) is 21.0. The van der Waals surface area contributed by atoms with Crippen molar-refractivity contribution in [1.82, 2.24) is 0 Å². The molecule has 2 aliphatic carbocycles. The minimum Gasteiger partial charge on any atom is -0.121 e. The van der Waals surface area contributed by atoms with E-state index in [0.717, 1.165) is 25.7 Å². The first-order chi connectivity index (χ1) is 18.6. The Kier molecular flexibility index (Phi) is 10.8. The van der Waals surface area contributed by atoms with Gasteiger partial charge in [-0.3, -0.25) is 0 Å². The summed E-state index contributed by atoms with van der Waals surface area (Å²) in [6.45, 7) is 0. The highest BCUT2D eigenvalue weighted by molar-refractivity contribution is 8.48. The molecular weight excluding hydrogens is 697 g/mol. The summed E-state index contributed by atoms with van der Waals surface area (Å²) in [6, 6.07) is 0.